The zero-order chi connectivity index (χ0) is 22.5. The van der Waals surface area contributed by atoms with E-state index in [1.165, 1.54) is 12.8 Å². The largest absolute Gasteiger partial charge is 0.484 e. The molecule has 1 atom stereocenters. The second-order valence-electron chi connectivity index (χ2n) is 8.88. The van der Waals surface area contributed by atoms with Gasteiger partial charge < -0.3 is 15.0 Å². The Labute approximate surface area is 189 Å². The minimum atomic E-state index is -0.0231. The summed E-state index contributed by atoms with van der Waals surface area (Å²) in [7, 11) is 0. The van der Waals surface area contributed by atoms with Crippen molar-refractivity contribution in [2.45, 2.75) is 64.3 Å². The summed E-state index contributed by atoms with van der Waals surface area (Å²) in [6.45, 7) is 5.20. The summed E-state index contributed by atoms with van der Waals surface area (Å²) in [6, 6.07) is 9.68. The molecule has 0 radical (unpaired) electrons. The Balaban J connectivity index is 1.33. The van der Waals surface area contributed by atoms with Crippen molar-refractivity contribution in [1.82, 2.24) is 20.2 Å². The first-order valence-electron chi connectivity index (χ1n) is 11.6. The predicted octanol–water partition coefficient (Wildman–Crippen LogP) is 3.09. The molecule has 7 nitrogen and oxygen atoms in total. The van der Waals surface area contributed by atoms with Crippen LogP contribution in [0.2, 0.25) is 0 Å². The van der Waals surface area contributed by atoms with Gasteiger partial charge in [0.2, 0.25) is 5.91 Å². The molecule has 1 saturated heterocycles. The van der Waals surface area contributed by atoms with E-state index in [0.29, 0.717) is 31.3 Å². The van der Waals surface area contributed by atoms with Gasteiger partial charge in [-0.1, -0.05) is 31.0 Å². The summed E-state index contributed by atoms with van der Waals surface area (Å²) >= 11 is 0. The number of carbonyl (C=O) groups is 2. The quantitative estimate of drug-likeness (QED) is 0.721. The van der Waals surface area contributed by atoms with Gasteiger partial charge in [-0.15, -0.1) is 0 Å². The number of nitrogens with zero attached hydrogens (tertiary/aromatic N) is 3. The van der Waals surface area contributed by atoms with Gasteiger partial charge in [0.05, 0.1) is 6.42 Å². The summed E-state index contributed by atoms with van der Waals surface area (Å²) in [4.78, 5) is 36.3. The maximum absolute atomic E-state index is 12.6. The van der Waals surface area contributed by atoms with E-state index in [2.05, 4.69) is 5.32 Å². The lowest BCUT2D eigenvalue weighted by Gasteiger charge is -2.18. The van der Waals surface area contributed by atoms with Crippen molar-refractivity contribution < 1.29 is 14.3 Å². The highest BCUT2D eigenvalue weighted by atomic mass is 16.5. The minimum Gasteiger partial charge on any atom is -0.484 e. The first-order valence-corrected chi connectivity index (χ1v) is 11.6. The molecule has 1 aromatic heterocycles. The number of carbonyl (C=O) groups excluding carboxylic acids is 2. The lowest BCUT2D eigenvalue weighted by Crippen LogP contribution is -2.34. The molecule has 170 valence electrons. The molecular formula is C25H32N4O3. The Morgan fingerprint density at radius 1 is 1.06 bits per heavy atom. The molecule has 2 fully saturated rings. The highest BCUT2D eigenvalue weighted by molar-refractivity contribution is 5.79. The third-order valence-corrected chi connectivity index (χ3v) is 6.51. The van der Waals surface area contributed by atoms with Crippen LogP contribution in [-0.4, -0.2) is 52.4 Å². The van der Waals surface area contributed by atoms with Crippen LogP contribution in [0.3, 0.4) is 0 Å². The van der Waals surface area contributed by atoms with E-state index in [1.807, 2.05) is 49.1 Å². The monoisotopic (exact) mass is 436 g/mol. The number of para-hydroxylation sites is 1. The van der Waals surface area contributed by atoms with Crippen molar-refractivity contribution >= 4 is 11.8 Å². The SMILES string of the molecule is Cc1nc([C@H]2CCN(C(=O)COc3ccccc3)C2)nc(C)c1CC(=O)NC1CCCC1. The van der Waals surface area contributed by atoms with E-state index in [9.17, 15) is 9.59 Å². The molecular weight excluding hydrogens is 404 g/mol. The van der Waals surface area contributed by atoms with Gasteiger partial charge in [0.1, 0.15) is 11.6 Å². The molecule has 1 aliphatic carbocycles. The highest BCUT2D eigenvalue weighted by Gasteiger charge is 2.30. The summed E-state index contributed by atoms with van der Waals surface area (Å²) in [6.07, 6.45) is 5.69. The average Bonchev–Trinajstić information content (AvgIpc) is 3.47. The first-order chi connectivity index (χ1) is 15.5. The molecule has 1 N–H and O–H groups in total. The molecule has 1 saturated carbocycles. The number of hydrogen-bond donors (Lipinski definition) is 1. The van der Waals surface area contributed by atoms with Gasteiger partial charge in [-0.25, -0.2) is 9.97 Å². The zero-order valence-corrected chi connectivity index (χ0v) is 19.0. The van der Waals surface area contributed by atoms with Crippen molar-refractivity contribution in [3.8, 4) is 5.75 Å². The van der Waals surface area contributed by atoms with Crippen molar-refractivity contribution in [1.29, 1.82) is 0 Å². The van der Waals surface area contributed by atoms with Crippen molar-refractivity contribution in [3.63, 3.8) is 0 Å². The van der Waals surface area contributed by atoms with Crippen LogP contribution in [0.15, 0.2) is 30.3 Å². The van der Waals surface area contributed by atoms with Crippen molar-refractivity contribution in [2.75, 3.05) is 19.7 Å². The van der Waals surface area contributed by atoms with Gasteiger partial charge in [-0.2, -0.15) is 0 Å². The Bertz CT molecular complexity index is 934. The van der Waals surface area contributed by atoms with Crippen LogP contribution < -0.4 is 10.1 Å². The molecule has 2 aromatic rings. The Morgan fingerprint density at radius 2 is 1.75 bits per heavy atom. The molecule has 32 heavy (non-hydrogen) atoms. The molecule has 7 heteroatoms. The number of aromatic nitrogens is 2. The van der Waals surface area contributed by atoms with Crippen molar-refractivity contribution in [3.05, 3.63) is 53.1 Å². The number of nitrogens with one attached hydrogen (secondary N) is 1. The second-order valence-corrected chi connectivity index (χ2v) is 8.88. The lowest BCUT2D eigenvalue weighted by atomic mass is 10.0. The first kappa shape index (κ1) is 22.2. The number of rotatable bonds is 7. The topological polar surface area (TPSA) is 84.4 Å². The molecule has 2 heterocycles. The number of amides is 2. The van der Waals surface area contributed by atoms with Crippen LogP contribution >= 0.6 is 0 Å². The summed E-state index contributed by atoms with van der Waals surface area (Å²) < 4.78 is 5.60. The van der Waals surface area contributed by atoms with E-state index in [-0.39, 0.29) is 24.3 Å². The number of hydrogen-bond acceptors (Lipinski definition) is 5. The molecule has 0 bridgehead atoms. The number of benzene rings is 1. The van der Waals surface area contributed by atoms with Crippen LogP contribution in [-0.2, 0) is 16.0 Å². The zero-order valence-electron chi connectivity index (χ0n) is 19.0. The minimum absolute atomic E-state index is 0.0231. The summed E-state index contributed by atoms with van der Waals surface area (Å²) in [5.74, 6) is 1.59. The van der Waals surface area contributed by atoms with E-state index >= 15 is 0 Å². The highest BCUT2D eigenvalue weighted by Crippen LogP contribution is 2.26. The van der Waals surface area contributed by atoms with Gasteiger partial charge >= 0.3 is 0 Å². The van der Waals surface area contributed by atoms with Crippen LogP contribution in [0.5, 0.6) is 5.75 Å². The molecule has 1 aromatic carbocycles. The molecule has 2 amide bonds. The standard InChI is InChI=1S/C25H32N4O3/c1-17-22(14-23(30)28-20-8-6-7-9-20)18(2)27-25(26-17)19-12-13-29(15-19)24(31)16-32-21-10-4-3-5-11-21/h3-5,10-11,19-20H,6-9,12-16H2,1-2H3,(H,28,30)/t19-/m0/s1. The fourth-order valence-electron chi connectivity index (χ4n) is 4.66. The number of ether oxygens (including phenoxy) is 1. The molecule has 1 aliphatic heterocycles. The van der Waals surface area contributed by atoms with Crippen LogP contribution in [0.4, 0.5) is 0 Å². The Kier molecular flexibility index (Phi) is 7.02. The van der Waals surface area contributed by atoms with E-state index in [0.717, 1.165) is 42.0 Å². The normalized spacial score (nSPS) is 18.7. The molecule has 0 unspecified atom stereocenters. The Morgan fingerprint density at radius 3 is 2.44 bits per heavy atom. The van der Waals surface area contributed by atoms with E-state index < -0.39 is 0 Å². The molecule has 2 aliphatic rings. The van der Waals surface area contributed by atoms with Gasteiger partial charge in [0.15, 0.2) is 6.61 Å². The summed E-state index contributed by atoms with van der Waals surface area (Å²) in [5.41, 5.74) is 2.61. The van der Waals surface area contributed by atoms with Crippen LogP contribution in [0.25, 0.3) is 0 Å². The van der Waals surface area contributed by atoms with Crippen LogP contribution in [0, 0.1) is 13.8 Å². The predicted molar refractivity (Wildman–Crippen MR) is 121 cm³/mol. The van der Waals surface area contributed by atoms with Gasteiger partial charge in [-0.05, 0) is 45.2 Å². The number of likely N-dealkylation sites (tertiary alicyclic amines) is 1. The van der Waals surface area contributed by atoms with Gasteiger partial charge in [0, 0.05) is 42.0 Å². The van der Waals surface area contributed by atoms with E-state index in [1.54, 1.807) is 0 Å². The molecule has 0 spiro atoms. The number of aryl methyl sites for hydroxylation is 2. The van der Waals surface area contributed by atoms with Gasteiger partial charge in [-0.3, -0.25) is 9.59 Å². The van der Waals surface area contributed by atoms with Crippen molar-refractivity contribution in [2.24, 2.45) is 0 Å². The maximum Gasteiger partial charge on any atom is 0.260 e. The van der Waals surface area contributed by atoms with Gasteiger partial charge in [0.25, 0.3) is 5.91 Å². The molecule has 4 rings (SSSR count). The summed E-state index contributed by atoms with van der Waals surface area (Å²) in [5, 5.41) is 3.14. The second kappa shape index (κ2) is 10.1. The van der Waals surface area contributed by atoms with E-state index in [4.69, 9.17) is 14.7 Å². The maximum atomic E-state index is 12.6. The average molecular weight is 437 g/mol. The lowest BCUT2D eigenvalue weighted by molar-refractivity contribution is -0.132. The fraction of sp³-hybridized carbons (Fsp3) is 0.520. The third-order valence-electron chi connectivity index (χ3n) is 6.51. The fourth-order valence-corrected chi connectivity index (χ4v) is 4.66. The van der Waals surface area contributed by atoms with Crippen LogP contribution in [0.1, 0.15) is 60.8 Å². The third kappa shape index (κ3) is 5.44. The smallest absolute Gasteiger partial charge is 0.260 e. The Hall–Kier alpha value is -2.96.